The van der Waals surface area contributed by atoms with Gasteiger partial charge in [-0.2, -0.15) is 0 Å². The zero-order valence-corrected chi connectivity index (χ0v) is 15.6. The number of carbonyl (C=O) groups is 3. The van der Waals surface area contributed by atoms with Gasteiger partial charge in [-0.1, -0.05) is 5.16 Å². The number of amides is 2. The summed E-state index contributed by atoms with van der Waals surface area (Å²) in [5.41, 5.74) is 1.78. The van der Waals surface area contributed by atoms with Crippen molar-refractivity contribution in [3.63, 3.8) is 0 Å². The molecule has 8 nitrogen and oxygen atoms in total. The van der Waals surface area contributed by atoms with E-state index in [-0.39, 0.29) is 18.3 Å². The number of rotatable bonds is 4. The van der Waals surface area contributed by atoms with E-state index in [0.29, 0.717) is 35.8 Å². The van der Waals surface area contributed by atoms with Crippen LogP contribution in [0.1, 0.15) is 50.9 Å². The maximum absolute atomic E-state index is 12.5. The summed E-state index contributed by atoms with van der Waals surface area (Å²) in [5.74, 6) is -0.929. The van der Waals surface area contributed by atoms with Gasteiger partial charge in [0, 0.05) is 24.4 Å². The van der Waals surface area contributed by atoms with Gasteiger partial charge in [0.05, 0.1) is 24.4 Å². The van der Waals surface area contributed by atoms with Gasteiger partial charge in [-0.05, 0) is 25.8 Å². The van der Waals surface area contributed by atoms with E-state index in [1.165, 1.54) is 24.3 Å². The standard InChI is InChI=1S/C17H19N3O5S/c1-4-24-17(23)14-11-5-6-20(10(3)21)8-13(11)26-16(14)18-15(22)12-7-9(2)19-25-12/h7H,4-6,8H2,1-3H3,(H,18,22). The number of fused-ring (bicyclic) bond motifs is 1. The van der Waals surface area contributed by atoms with E-state index in [1.54, 1.807) is 18.7 Å². The van der Waals surface area contributed by atoms with Crippen LogP contribution in [-0.4, -0.2) is 41.0 Å². The van der Waals surface area contributed by atoms with E-state index in [9.17, 15) is 14.4 Å². The van der Waals surface area contributed by atoms with Crippen LogP contribution in [0.2, 0.25) is 0 Å². The van der Waals surface area contributed by atoms with Crippen molar-refractivity contribution in [2.45, 2.75) is 33.7 Å². The minimum absolute atomic E-state index is 0.0237. The van der Waals surface area contributed by atoms with Gasteiger partial charge in [0.1, 0.15) is 5.00 Å². The molecular weight excluding hydrogens is 358 g/mol. The van der Waals surface area contributed by atoms with E-state index in [0.717, 1.165) is 10.4 Å². The molecule has 138 valence electrons. The first-order chi connectivity index (χ1) is 12.4. The van der Waals surface area contributed by atoms with Crippen LogP contribution < -0.4 is 5.32 Å². The highest BCUT2D eigenvalue weighted by atomic mass is 32.1. The molecule has 1 N–H and O–H groups in total. The molecule has 0 fully saturated rings. The molecule has 1 aliphatic rings. The van der Waals surface area contributed by atoms with Crippen molar-refractivity contribution < 1.29 is 23.6 Å². The Morgan fingerprint density at radius 1 is 1.42 bits per heavy atom. The van der Waals surface area contributed by atoms with Crippen LogP contribution in [0, 0.1) is 6.92 Å². The summed E-state index contributed by atoms with van der Waals surface area (Å²) in [6, 6.07) is 1.52. The fourth-order valence-corrected chi connectivity index (χ4v) is 4.06. The molecule has 0 saturated carbocycles. The van der Waals surface area contributed by atoms with Gasteiger partial charge >= 0.3 is 5.97 Å². The second kappa shape index (κ2) is 7.28. The highest BCUT2D eigenvalue weighted by Crippen LogP contribution is 2.38. The van der Waals surface area contributed by atoms with Crippen molar-refractivity contribution in [2.75, 3.05) is 18.5 Å². The Morgan fingerprint density at radius 2 is 2.19 bits per heavy atom. The van der Waals surface area contributed by atoms with E-state index in [2.05, 4.69) is 10.5 Å². The molecule has 1 aliphatic heterocycles. The largest absolute Gasteiger partial charge is 0.462 e. The number of nitrogens with one attached hydrogen (secondary N) is 1. The second-order valence-corrected chi connectivity index (χ2v) is 7.01. The van der Waals surface area contributed by atoms with Crippen LogP contribution in [-0.2, 0) is 22.5 Å². The van der Waals surface area contributed by atoms with Crippen molar-refractivity contribution in [1.82, 2.24) is 10.1 Å². The molecule has 0 unspecified atom stereocenters. The summed E-state index contributed by atoms with van der Waals surface area (Å²) >= 11 is 1.28. The molecule has 9 heteroatoms. The number of hydrogen-bond donors (Lipinski definition) is 1. The molecule has 0 saturated heterocycles. The normalized spacial score (nSPS) is 13.3. The third kappa shape index (κ3) is 3.48. The van der Waals surface area contributed by atoms with Gasteiger partial charge in [0.2, 0.25) is 11.7 Å². The summed E-state index contributed by atoms with van der Waals surface area (Å²) in [4.78, 5) is 39.1. The Bertz CT molecular complexity index is 870. The molecule has 2 amide bonds. The number of aryl methyl sites for hydroxylation is 1. The first kappa shape index (κ1) is 18.1. The first-order valence-corrected chi connectivity index (χ1v) is 9.04. The summed E-state index contributed by atoms with van der Waals surface area (Å²) in [7, 11) is 0. The van der Waals surface area contributed by atoms with Crippen LogP contribution in [0.4, 0.5) is 5.00 Å². The van der Waals surface area contributed by atoms with E-state index >= 15 is 0 Å². The third-order valence-electron chi connectivity index (χ3n) is 4.06. The summed E-state index contributed by atoms with van der Waals surface area (Å²) in [6.45, 7) is 6.13. The molecule has 0 aliphatic carbocycles. The van der Waals surface area contributed by atoms with Crippen molar-refractivity contribution in [3.05, 3.63) is 33.5 Å². The van der Waals surface area contributed by atoms with Gasteiger partial charge in [-0.25, -0.2) is 4.79 Å². The van der Waals surface area contributed by atoms with Crippen molar-refractivity contribution in [2.24, 2.45) is 0 Å². The molecule has 2 aromatic heterocycles. The Kier molecular flexibility index (Phi) is 5.08. The number of carbonyl (C=O) groups excluding carboxylic acids is 3. The maximum Gasteiger partial charge on any atom is 0.341 e. The number of hydrogen-bond acceptors (Lipinski definition) is 7. The minimum atomic E-state index is -0.488. The van der Waals surface area contributed by atoms with E-state index in [1.807, 2.05) is 0 Å². The number of anilines is 1. The fourth-order valence-electron chi connectivity index (χ4n) is 2.81. The molecule has 26 heavy (non-hydrogen) atoms. The van der Waals surface area contributed by atoms with Crippen molar-refractivity contribution >= 4 is 34.1 Å². The molecule has 3 rings (SSSR count). The van der Waals surface area contributed by atoms with Gasteiger partial charge < -0.3 is 19.5 Å². The Labute approximate surface area is 154 Å². The average molecular weight is 377 g/mol. The van der Waals surface area contributed by atoms with Crippen molar-refractivity contribution in [1.29, 1.82) is 0 Å². The molecule has 0 radical (unpaired) electrons. The lowest BCUT2D eigenvalue weighted by Crippen LogP contribution is -2.34. The van der Waals surface area contributed by atoms with Gasteiger partial charge in [0.25, 0.3) is 5.91 Å². The van der Waals surface area contributed by atoms with Crippen LogP contribution in [0.5, 0.6) is 0 Å². The zero-order valence-electron chi connectivity index (χ0n) is 14.7. The summed E-state index contributed by atoms with van der Waals surface area (Å²) < 4.78 is 10.1. The predicted molar refractivity (Wildman–Crippen MR) is 94.3 cm³/mol. The summed E-state index contributed by atoms with van der Waals surface area (Å²) in [5, 5.41) is 6.82. The quantitative estimate of drug-likeness (QED) is 0.821. The van der Waals surface area contributed by atoms with E-state index < -0.39 is 11.9 Å². The number of esters is 1. The van der Waals surface area contributed by atoms with Crippen LogP contribution in [0.25, 0.3) is 0 Å². The molecular formula is C17H19N3O5S. The minimum Gasteiger partial charge on any atom is -0.462 e. The third-order valence-corrected chi connectivity index (χ3v) is 5.19. The predicted octanol–water partition coefficient (Wildman–Crippen LogP) is 2.38. The fraction of sp³-hybridized carbons (Fsp3) is 0.412. The van der Waals surface area contributed by atoms with Crippen LogP contribution in [0.15, 0.2) is 10.6 Å². The lowest BCUT2D eigenvalue weighted by Gasteiger charge is -2.25. The van der Waals surface area contributed by atoms with Crippen LogP contribution >= 0.6 is 11.3 Å². The highest BCUT2D eigenvalue weighted by Gasteiger charge is 2.30. The monoisotopic (exact) mass is 377 g/mol. The SMILES string of the molecule is CCOC(=O)c1c(NC(=O)c2cc(C)no2)sc2c1CCN(C(C)=O)C2. The molecule has 2 aromatic rings. The number of thiophene rings is 1. The van der Waals surface area contributed by atoms with Gasteiger partial charge in [0.15, 0.2) is 0 Å². The topological polar surface area (TPSA) is 102 Å². The smallest absolute Gasteiger partial charge is 0.341 e. The number of nitrogens with zero attached hydrogens (tertiary/aromatic N) is 2. The summed E-state index contributed by atoms with van der Waals surface area (Å²) in [6.07, 6.45) is 0.539. The molecule has 0 atom stereocenters. The Hall–Kier alpha value is -2.68. The first-order valence-electron chi connectivity index (χ1n) is 8.22. The van der Waals surface area contributed by atoms with E-state index in [4.69, 9.17) is 9.26 Å². The van der Waals surface area contributed by atoms with Crippen molar-refractivity contribution in [3.8, 4) is 0 Å². The number of aromatic nitrogens is 1. The Balaban J connectivity index is 1.94. The molecule has 0 spiro atoms. The molecule has 0 aromatic carbocycles. The lowest BCUT2D eigenvalue weighted by molar-refractivity contribution is -0.129. The maximum atomic E-state index is 12.5. The molecule has 0 bridgehead atoms. The van der Waals surface area contributed by atoms with Crippen LogP contribution in [0.3, 0.4) is 0 Å². The Morgan fingerprint density at radius 3 is 2.81 bits per heavy atom. The average Bonchev–Trinajstić information content (AvgIpc) is 3.17. The lowest BCUT2D eigenvalue weighted by atomic mass is 10.0. The number of ether oxygens (including phenoxy) is 1. The van der Waals surface area contributed by atoms with Gasteiger partial charge in [-0.3, -0.25) is 9.59 Å². The van der Waals surface area contributed by atoms with Gasteiger partial charge in [-0.15, -0.1) is 11.3 Å². The second-order valence-electron chi connectivity index (χ2n) is 5.91. The zero-order chi connectivity index (χ0) is 18.8. The molecule has 3 heterocycles. The highest BCUT2D eigenvalue weighted by molar-refractivity contribution is 7.17.